The molecule has 1 aromatic rings. The zero-order valence-corrected chi connectivity index (χ0v) is 13.9. The van der Waals surface area contributed by atoms with Crippen LogP contribution in [0.3, 0.4) is 0 Å². The number of carbonyl (C=O) groups is 2. The Morgan fingerprint density at radius 1 is 1.25 bits per heavy atom. The lowest BCUT2D eigenvalue weighted by Crippen LogP contribution is -2.29. The molecule has 1 amide bonds. The maximum absolute atomic E-state index is 12.0. The average Bonchev–Trinajstić information content (AvgIpc) is 2.37. The number of carboxylic acid groups (broad SMARTS) is 1. The van der Waals surface area contributed by atoms with Crippen LogP contribution in [0.4, 0.5) is 0 Å². The van der Waals surface area contributed by atoms with Gasteiger partial charge in [0.15, 0.2) is 0 Å². The van der Waals surface area contributed by atoms with Gasteiger partial charge < -0.3 is 10.4 Å². The van der Waals surface area contributed by atoms with Crippen LogP contribution in [0.2, 0.25) is 0 Å². The molecule has 0 saturated heterocycles. The van der Waals surface area contributed by atoms with Gasteiger partial charge in [-0.25, -0.2) is 0 Å². The molecule has 20 heavy (non-hydrogen) atoms. The van der Waals surface area contributed by atoms with Crippen molar-refractivity contribution in [1.82, 2.24) is 5.32 Å². The number of amides is 1. The molecular weight excluding hydrogens is 369 g/mol. The molecule has 0 fully saturated rings. The predicted octanol–water partition coefficient (Wildman–Crippen LogP) is 3.30. The molecule has 0 aliphatic carbocycles. The first kappa shape index (κ1) is 16.9. The van der Waals surface area contributed by atoms with Crippen molar-refractivity contribution in [2.45, 2.75) is 33.1 Å². The largest absolute Gasteiger partial charge is 0.481 e. The second-order valence-electron chi connectivity index (χ2n) is 5.54. The van der Waals surface area contributed by atoms with Gasteiger partial charge in [-0.15, -0.1) is 0 Å². The molecule has 0 atom stereocenters. The number of hydrogen-bond donors (Lipinski definition) is 2. The molecule has 0 saturated carbocycles. The summed E-state index contributed by atoms with van der Waals surface area (Å²) in [5.41, 5.74) is 0.589. The Bertz CT molecular complexity index is 486. The molecule has 0 heterocycles. The van der Waals surface area contributed by atoms with E-state index in [1.807, 2.05) is 32.0 Å². The molecule has 0 aliphatic rings. The molecule has 110 valence electrons. The van der Waals surface area contributed by atoms with Crippen LogP contribution in [-0.2, 0) is 4.79 Å². The van der Waals surface area contributed by atoms with Gasteiger partial charge in [0, 0.05) is 16.5 Å². The van der Waals surface area contributed by atoms with Crippen molar-refractivity contribution < 1.29 is 14.7 Å². The van der Waals surface area contributed by atoms with Gasteiger partial charge in [0.25, 0.3) is 5.91 Å². The lowest BCUT2D eigenvalue weighted by atomic mass is 9.84. The first-order valence-electron chi connectivity index (χ1n) is 6.56. The summed E-state index contributed by atoms with van der Waals surface area (Å²) in [5, 5.41) is 11.6. The van der Waals surface area contributed by atoms with Gasteiger partial charge in [-0.1, -0.05) is 26.0 Å². The highest BCUT2D eigenvalue weighted by Gasteiger charge is 2.19. The van der Waals surface area contributed by atoms with Gasteiger partial charge in [-0.05, 0) is 53.0 Å². The third-order valence-electron chi connectivity index (χ3n) is 3.22. The highest BCUT2D eigenvalue weighted by molar-refractivity contribution is 14.1. The van der Waals surface area contributed by atoms with Gasteiger partial charge in [0.2, 0.25) is 0 Å². The van der Waals surface area contributed by atoms with E-state index in [-0.39, 0.29) is 17.7 Å². The van der Waals surface area contributed by atoms with Crippen molar-refractivity contribution in [3.8, 4) is 0 Å². The third kappa shape index (κ3) is 5.90. The lowest BCUT2D eigenvalue weighted by Gasteiger charge is -2.23. The number of benzene rings is 1. The molecule has 0 aromatic heterocycles. The highest BCUT2D eigenvalue weighted by Crippen LogP contribution is 2.26. The average molecular weight is 389 g/mol. The minimum absolute atomic E-state index is 0.0796. The highest BCUT2D eigenvalue weighted by atomic mass is 127. The molecule has 0 spiro atoms. The first-order valence-corrected chi connectivity index (χ1v) is 7.64. The van der Waals surface area contributed by atoms with E-state index in [1.54, 1.807) is 6.07 Å². The van der Waals surface area contributed by atoms with E-state index in [1.165, 1.54) is 0 Å². The van der Waals surface area contributed by atoms with Gasteiger partial charge in [-0.2, -0.15) is 0 Å². The number of carbonyl (C=O) groups excluding carboxylic acids is 1. The van der Waals surface area contributed by atoms with Crippen LogP contribution in [-0.4, -0.2) is 23.5 Å². The molecule has 2 N–H and O–H groups in total. The maximum Gasteiger partial charge on any atom is 0.303 e. The van der Waals surface area contributed by atoms with Crippen LogP contribution in [0.5, 0.6) is 0 Å². The molecule has 1 rings (SSSR count). The van der Waals surface area contributed by atoms with Crippen molar-refractivity contribution in [2.24, 2.45) is 5.41 Å². The van der Waals surface area contributed by atoms with Crippen molar-refractivity contribution in [3.63, 3.8) is 0 Å². The van der Waals surface area contributed by atoms with E-state index in [0.717, 1.165) is 9.99 Å². The number of hydrogen-bond acceptors (Lipinski definition) is 2. The molecule has 0 aliphatic heterocycles. The summed E-state index contributed by atoms with van der Waals surface area (Å²) in [7, 11) is 0. The SMILES string of the molecule is CC(C)(CCNC(=O)c1ccccc1I)CCC(=O)O. The minimum Gasteiger partial charge on any atom is -0.481 e. The molecule has 0 bridgehead atoms. The van der Waals surface area contributed by atoms with Crippen LogP contribution in [0.25, 0.3) is 0 Å². The van der Waals surface area contributed by atoms with Crippen molar-refractivity contribution in [1.29, 1.82) is 0 Å². The summed E-state index contributed by atoms with van der Waals surface area (Å²) in [6, 6.07) is 7.43. The van der Waals surface area contributed by atoms with Crippen LogP contribution in [0.15, 0.2) is 24.3 Å². The summed E-state index contributed by atoms with van der Waals surface area (Å²) in [4.78, 5) is 22.6. The fourth-order valence-electron chi connectivity index (χ4n) is 1.83. The van der Waals surface area contributed by atoms with E-state index in [0.29, 0.717) is 18.5 Å². The summed E-state index contributed by atoms with van der Waals surface area (Å²) < 4.78 is 0.924. The molecule has 0 radical (unpaired) electrons. The quantitative estimate of drug-likeness (QED) is 0.704. The lowest BCUT2D eigenvalue weighted by molar-refractivity contribution is -0.137. The summed E-state index contributed by atoms with van der Waals surface area (Å²) >= 11 is 2.14. The minimum atomic E-state index is -0.777. The second-order valence-corrected chi connectivity index (χ2v) is 6.71. The van der Waals surface area contributed by atoms with Crippen LogP contribution >= 0.6 is 22.6 Å². The van der Waals surface area contributed by atoms with Gasteiger partial charge in [0.1, 0.15) is 0 Å². The molecule has 5 heteroatoms. The number of rotatable bonds is 7. The maximum atomic E-state index is 12.0. The van der Waals surface area contributed by atoms with Gasteiger partial charge >= 0.3 is 5.97 Å². The standard InChI is InChI=1S/C15H20INO3/c1-15(2,8-7-13(18)19)9-10-17-14(20)11-5-3-4-6-12(11)16/h3-6H,7-10H2,1-2H3,(H,17,20)(H,18,19). The Hall–Kier alpha value is -1.11. The summed E-state index contributed by atoms with van der Waals surface area (Å²) in [6.45, 7) is 4.60. The zero-order chi connectivity index (χ0) is 15.2. The molecular formula is C15H20INO3. The van der Waals surface area contributed by atoms with Gasteiger partial charge in [-0.3, -0.25) is 9.59 Å². The Morgan fingerprint density at radius 3 is 2.50 bits per heavy atom. The number of carboxylic acids is 1. The molecule has 1 aromatic carbocycles. The van der Waals surface area contributed by atoms with Crippen molar-refractivity contribution in [3.05, 3.63) is 33.4 Å². The first-order chi connectivity index (χ1) is 9.32. The predicted molar refractivity (Wildman–Crippen MR) is 86.8 cm³/mol. The smallest absolute Gasteiger partial charge is 0.303 e. The Kier molecular flexibility index (Phi) is 6.45. The Balaban J connectivity index is 2.42. The summed E-state index contributed by atoms with van der Waals surface area (Å²) in [6.07, 6.45) is 1.54. The fourth-order valence-corrected chi connectivity index (χ4v) is 2.46. The fraction of sp³-hybridized carbons (Fsp3) is 0.467. The summed E-state index contributed by atoms with van der Waals surface area (Å²) in [5.74, 6) is -0.856. The van der Waals surface area contributed by atoms with Gasteiger partial charge in [0.05, 0.1) is 5.56 Å². The normalized spacial score (nSPS) is 11.2. The zero-order valence-electron chi connectivity index (χ0n) is 11.8. The molecule has 0 unspecified atom stereocenters. The van der Waals surface area contributed by atoms with Crippen molar-refractivity contribution in [2.75, 3.05) is 6.54 Å². The van der Waals surface area contributed by atoms with Crippen LogP contribution in [0.1, 0.15) is 43.5 Å². The number of halogens is 1. The van der Waals surface area contributed by atoms with E-state index >= 15 is 0 Å². The third-order valence-corrected chi connectivity index (χ3v) is 4.16. The Morgan fingerprint density at radius 2 is 1.90 bits per heavy atom. The topological polar surface area (TPSA) is 66.4 Å². The van der Waals surface area contributed by atoms with E-state index < -0.39 is 5.97 Å². The van der Waals surface area contributed by atoms with Crippen molar-refractivity contribution >= 4 is 34.5 Å². The number of aliphatic carboxylic acids is 1. The number of nitrogens with one attached hydrogen (secondary N) is 1. The monoisotopic (exact) mass is 389 g/mol. The van der Waals surface area contributed by atoms with E-state index in [9.17, 15) is 9.59 Å². The van der Waals surface area contributed by atoms with E-state index in [4.69, 9.17) is 5.11 Å². The Labute approximate surface area is 133 Å². The molecule has 4 nitrogen and oxygen atoms in total. The van der Waals surface area contributed by atoms with Crippen LogP contribution in [0, 0.1) is 8.99 Å². The second kappa shape index (κ2) is 7.61. The van der Waals surface area contributed by atoms with Crippen LogP contribution < -0.4 is 5.32 Å². The van der Waals surface area contributed by atoms with E-state index in [2.05, 4.69) is 27.9 Å².